The van der Waals surface area contributed by atoms with E-state index in [0.717, 1.165) is 44.0 Å². The number of piperazine rings is 1. The number of nitro groups is 1. The lowest BCUT2D eigenvalue weighted by molar-refractivity contribution is -0.385. The minimum atomic E-state index is -0.437. The number of hydrogen-bond donors (Lipinski definition) is 1. The van der Waals surface area contributed by atoms with E-state index in [2.05, 4.69) is 20.9 Å². The Labute approximate surface area is 145 Å². The van der Waals surface area contributed by atoms with E-state index in [-0.39, 0.29) is 11.7 Å². The second-order valence-corrected chi connectivity index (χ2v) is 6.57. The SMILES string of the molecule is O=[N+]([O-])c1ccc(N2CCN([C@H]3Cc4ccccc4[C@H]3O)CC2)nc1. The molecular formula is C18H20N4O3. The van der Waals surface area contributed by atoms with Crippen molar-refractivity contribution in [1.29, 1.82) is 0 Å². The summed E-state index contributed by atoms with van der Waals surface area (Å²) in [5.41, 5.74) is 2.29. The molecule has 0 unspecified atom stereocenters. The van der Waals surface area contributed by atoms with Gasteiger partial charge in [0.15, 0.2) is 0 Å². The fourth-order valence-electron chi connectivity index (χ4n) is 3.84. The first kappa shape index (κ1) is 16.0. The molecule has 1 fully saturated rings. The zero-order valence-corrected chi connectivity index (χ0v) is 13.8. The van der Waals surface area contributed by atoms with Crippen LogP contribution in [0.3, 0.4) is 0 Å². The van der Waals surface area contributed by atoms with Gasteiger partial charge in [0.2, 0.25) is 0 Å². The molecule has 2 heterocycles. The Kier molecular flexibility index (Phi) is 4.10. The number of nitrogens with zero attached hydrogens (tertiary/aromatic N) is 4. The van der Waals surface area contributed by atoms with Crippen molar-refractivity contribution in [2.75, 3.05) is 31.1 Å². The summed E-state index contributed by atoms with van der Waals surface area (Å²) in [6.07, 6.45) is 1.76. The minimum Gasteiger partial charge on any atom is -0.387 e. The minimum absolute atomic E-state index is 0.00854. The van der Waals surface area contributed by atoms with Gasteiger partial charge in [-0.05, 0) is 23.6 Å². The van der Waals surface area contributed by atoms with Crippen LogP contribution in [-0.4, -0.2) is 52.1 Å². The van der Waals surface area contributed by atoms with E-state index < -0.39 is 11.0 Å². The van der Waals surface area contributed by atoms with Gasteiger partial charge in [0.25, 0.3) is 5.69 Å². The van der Waals surface area contributed by atoms with E-state index in [1.165, 1.54) is 17.8 Å². The van der Waals surface area contributed by atoms with Crippen molar-refractivity contribution in [1.82, 2.24) is 9.88 Å². The molecular weight excluding hydrogens is 320 g/mol. The third-order valence-electron chi connectivity index (χ3n) is 5.22. The fraction of sp³-hybridized carbons (Fsp3) is 0.389. The van der Waals surface area contributed by atoms with Gasteiger partial charge in [-0.2, -0.15) is 0 Å². The largest absolute Gasteiger partial charge is 0.387 e. The molecule has 0 radical (unpaired) electrons. The van der Waals surface area contributed by atoms with Crippen molar-refractivity contribution in [2.24, 2.45) is 0 Å². The summed E-state index contributed by atoms with van der Waals surface area (Å²) in [4.78, 5) is 19.0. The molecule has 4 rings (SSSR count). The van der Waals surface area contributed by atoms with Crippen molar-refractivity contribution in [3.8, 4) is 0 Å². The molecule has 2 atom stereocenters. The first-order valence-electron chi connectivity index (χ1n) is 8.49. The maximum Gasteiger partial charge on any atom is 0.287 e. The maximum atomic E-state index is 10.7. The summed E-state index contributed by atoms with van der Waals surface area (Å²) in [6.45, 7) is 3.28. The number of anilines is 1. The normalized spacial score (nSPS) is 23.5. The second-order valence-electron chi connectivity index (χ2n) is 6.57. The van der Waals surface area contributed by atoms with Crippen LogP contribution >= 0.6 is 0 Å². The van der Waals surface area contributed by atoms with E-state index in [1.807, 2.05) is 18.2 Å². The lowest BCUT2D eigenvalue weighted by Crippen LogP contribution is -2.51. The Hall–Kier alpha value is -2.51. The third-order valence-corrected chi connectivity index (χ3v) is 5.22. The Morgan fingerprint density at radius 2 is 1.88 bits per heavy atom. The van der Waals surface area contributed by atoms with Gasteiger partial charge in [0.05, 0.1) is 11.0 Å². The van der Waals surface area contributed by atoms with Crippen LogP contribution in [0.2, 0.25) is 0 Å². The van der Waals surface area contributed by atoms with Crippen LogP contribution in [0.25, 0.3) is 0 Å². The standard InChI is InChI=1S/C18H20N4O3/c23-18-15-4-2-1-3-13(15)11-16(18)20-7-9-21(10-8-20)17-6-5-14(12-19-17)22(24)25/h1-6,12,16,18,23H,7-11H2/t16-,18+/m0/s1. The molecule has 1 saturated heterocycles. The smallest absolute Gasteiger partial charge is 0.287 e. The molecule has 2 aromatic rings. The Balaban J connectivity index is 1.40. The van der Waals surface area contributed by atoms with Gasteiger partial charge >= 0.3 is 0 Å². The summed E-state index contributed by atoms with van der Waals surface area (Å²) < 4.78 is 0. The highest BCUT2D eigenvalue weighted by molar-refractivity contribution is 5.43. The number of benzene rings is 1. The fourth-order valence-corrected chi connectivity index (χ4v) is 3.84. The predicted molar refractivity (Wildman–Crippen MR) is 93.6 cm³/mol. The third kappa shape index (κ3) is 2.96. The van der Waals surface area contributed by atoms with Gasteiger partial charge in [-0.25, -0.2) is 4.98 Å². The Bertz CT molecular complexity index is 772. The van der Waals surface area contributed by atoms with Crippen LogP contribution in [-0.2, 0) is 6.42 Å². The molecule has 130 valence electrons. The molecule has 1 N–H and O–H groups in total. The average molecular weight is 340 g/mol. The van der Waals surface area contributed by atoms with E-state index >= 15 is 0 Å². The summed E-state index contributed by atoms with van der Waals surface area (Å²) in [6, 6.07) is 11.4. The molecule has 25 heavy (non-hydrogen) atoms. The monoisotopic (exact) mass is 340 g/mol. The predicted octanol–water partition coefficient (Wildman–Crippen LogP) is 1.77. The second kappa shape index (κ2) is 6.42. The van der Waals surface area contributed by atoms with Crippen molar-refractivity contribution >= 4 is 11.5 Å². The van der Waals surface area contributed by atoms with Gasteiger partial charge in [-0.1, -0.05) is 24.3 Å². The highest BCUT2D eigenvalue weighted by Gasteiger charge is 2.36. The number of hydrogen-bond acceptors (Lipinski definition) is 6. The number of aliphatic hydroxyl groups excluding tert-OH is 1. The van der Waals surface area contributed by atoms with Crippen LogP contribution in [0, 0.1) is 10.1 Å². The molecule has 1 aromatic carbocycles. The first-order chi connectivity index (χ1) is 12.1. The summed E-state index contributed by atoms with van der Waals surface area (Å²) >= 11 is 0. The number of aliphatic hydroxyl groups is 1. The molecule has 1 aromatic heterocycles. The summed E-state index contributed by atoms with van der Waals surface area (Å²) in [5, 5.41) is 21.4. The van der Waals surface area contributed by atoms with Crippen LogP contribution in [0.4, 0.5) is 11.5 Å². The van der Waals surface area contributed by atoms with Gasteiger partial charge in [0, 0.05) is 38.3 Å². The number of pyridine rings is 1. The lowest BCUT2D eigenvalue weighted by atomic mass is 10.1. The molecule has 0 amide bonds. The van der Waals surface area contributed by atoms with Crippen molar-refractivity contribution in [3.05, 3.63) is 63.8 Å². The molecule has 1 aliphatic heterocycles. The van der Waals surface area contributed by atoms with Gasteiger partial charge in [-0.3, -0.25) is 15.0 Å². The van der Waals surface area contributed by atoms with Crippen LogP contribution in [0.15, 0.2) is 42.6 Å². The summed E-state index contributed by atoms with van der Waals surface area (Å²) in [7, 11) is 0. The quantitative estimate of drug-likeness (QED) is 0.677. The zero-order chi connectivity index (χ0) is 17.4. The van der Waals surface area contributed by atoms with Gasteiger partial charge < -0.3 is 10.0 Å². The molecule has 0 bridgehead atoms. The maximum absolute atomic E-state index is 10.7. The molecule has 2 aliphatic rings. The zero-order valence-electron chi connectivity index (χ0n) is 13.8. The number of aromatic nitrogens is 1. The Morgan fingerprint density at radius 1 is 1.12 bits per heavy atom. The highest BCUT2D eigenvalue weighted by atomic mass is 16.6. The van der Waals surface area contributed by atoms with E-state index in [9.17, 15) is 15.2 Å². The van der Waals surface area contributed by atoms with Crippen LogP contribution < -0.4 is 4.90 Å². The molecule has 7 nitrogen and oxygen atoms in total. The topological polar surface area (TPSA) is 82.7 Å². The summed E-state index contributed by atoms with van der Waals surface area (Å²) in [5.74, 6) is 0.764. The molecule has 7 heteroatoms. The van der Waals surface area contributed by atoms with E-state index in [4.69, 9.17) is 0 Å². The number of fused-ring (bicyclic) bond motifs is 1. The molecule has 0 spiro atoms. The van der Waals surface area contributed by atoms with Crippen molar-refractivity contribution in [3.63, 3.8) is 0 Å². The van der Waals surface area contributed by atoms with E-state index in [0.29, 0.717) is 0 Å². The lowest BCUT2D eigenvalue weighted by Gasteiger charge is -2.39. The number of rotatable bonds is 3. The first-order valence-corrected chi connectivity index (χ1v) is 8.49. The van der Waals surface area contributed by atoms with Crippen LogP contribution in [0.1, 0.15) is 17.2 Å². The van der Waals surface area contributed by atoms with Crippen molar-refractivity contribution in [2.45, 2.75) is 18.6 Å². The van der Waals surface area contributed by atoms with Gasteiger partial charge in [0.1, 0.15) is 12.0 Å². The van der Waals surface area contributed by atoms with Crippen LogP contribution in [0.5, 0.6) is 0 Å². The van der Waals surface area contributed by atoms with Gasteiger partial charge in [-0.15, -0.1) is 0 Å². The Morgan fingerprint density at radius 3 is 2.52 bits per heavy atom. The molecule has 1 aliphatic carbocycles. The molecule has 0 saturated carbocycles. The highest BCUT2D eigenvalue weighted by Crippen LogP contribution is 2.34. The van der Waals surface area contributed by atoms with Crippen molar-refractivity contribution < 1.29 is 10.0 Å². The average Bonchev–Trinajstić information content (AvgIpc) is 2.99. The van der Waals surface area contributed by atoms with E-state index in [1.54, 1.807) is 6.07 Å².